The van der Waals surface area contributed by atoms with E-state index in [1.165, 1.54) is 5.56 Å². The third-order valence-corrected chi connectivity index (χ3v) is 3.12. The Morgan fingerprint density at radius 2 is 1.94 bits per heavy atom. The van der Waals surface area contributed by atoms with Gasteiger partial charge in [0.05, 0.1) is 6.04 Å². The molecule has 0 spiro atoms. The van der Waals surface area contributed by atoms with Gasteiger partial charge < -0.3 is 10.6 Å². The zero-order chi connectivity index (χ0) is 13.4. The van der Waals surface area contributed by atoms with Crippen molar-refractivity contribution in [2.75, 3.05) is 13.1 Å². The quantitative estimate of drug-likeness (QED) is 0.804. The number of carbonyl (C=O) groups is 1. The number of hydrogen-bond donors (Lipinski definition) is 1. The first-order valence-electron chi connectivity index (χ1n) is 6.77. The Kier molecular flexibility index (Phi) is 6.44. The van der Waals surface area contributed by atoms with Gasteiger partial charge in [-0.3, -0.25) is 4.79 Å². The number of hydrogen-bond acceptors (Lipinski definition) is 2. The molecule has 18 heavy (non-hydrogen) atoms. The van der Waals surface area contributed by atoms with Crippen LogP contribution in [-0.4, -0.2) is 29.9 Å². The molecule has 1 aromatic rings. The van der Waals surface area contributed by atoms with Crippen molar-refractivity contribution >= 4 is 5.91 Å². The zero-order valence-electron chi connectivity index (χ0n) is 11.4. The Morgan fingerprint density at radius 3 is 2.50 bits per heavy atom. The minimum Gasteiger partial charge on any atom is -0.341 e. The standard InChI is InChI=1S/C15H24N2O/c1-3-8-14(16)15(18)17(4-2)12-11-13-9-6-5-7-10-13/h5-7,9-10,14H,3-4,8,11-12,16H2,1-2H3/t14-/m1/s1. The van der Waals surface area contributed by atoms with E-state index in [2.05, 4.69) is 12.1 Å². The summed E-state index contributed by atoms with van der Waals surface area (Å²) in [7, 11) is 0. The fraction of sp³-hybridized carbons (Fsp3) is 0.533. The van der Waals surface area contributed by atoms with Gasteiger partial charge in [0, 0.05) is 13.1 Å². The van der Waals surface area contributed by atoms with Gasteiger partial charge >= 0.3 is 0 Å². The van der Waals surface area contributed by atoms with Crippen LogP contribution in [0, 0.1) is 0 Å². The SMILES string of the molecule is CCC[C@@H](N)C(=O)N(CC)CCc1ccccc1. The molecular weight excluding hydrogens is 224 g/mol. The zero-order valence-corrected chi connectivity index (χ0v) is 11.4. The topological polar surface area (TPSA) is 46.3 Å². The molecule has 100 valence electrons. The predicted octanol–water partition coefficient (Wildman–Crippen LogP) is 2.21. The van der Waals surface area contributed by atoms with Crippen molar-refractivity contribution in [1.29, 1.82) is 0 Å². The second-order valence-corrected chi connectivity index (χ2v) is 4.55. The van der Waals surface area contributed by atoms with Crippen LogP contribution in [0.25, 0.3) is 0 Å². The summed E-state index contributed by atoms with van der Waals surface area (Å²) in [4.78, 5) is 13.9. The predicted molar refractivity (Wildman–Crippen MR) is 75.3 cm³/mol. The lowest BCUT2D eigenvalue weighted by molar-refractivity contribution is -0.132. The first-order valence-corrected chi connectivity index (χ1v) is 6.77. The summed E-state index contributed by atoms with van der Waals surface area (Å²) in [6.07, 6.45) is 2.60. The molecule has 0 saturated carbocycles. The van der Waals surface area contributed by atoms with Gasteiger partial charge in [-0.25, -0.2) is 0 Å². The number of nitrogens with two attached hydrogens (primary N) is 1. The Hall–Kier alpha value is -1.35. The molecule has 0 radical (unpaired) electrons. The lowest BCUT2D eigenvalue weighted by Crippen LogP contribution is -2.44. The average molecular weight is 248 g/mol. The highest BCUT2D eigenvalue weighted by atomic mass is 16.2. The van der Waals surface area contributed by atoms with Crippen LogP contribution in [0.2, 0.25) is 0 Å². The largest absolute Gasteiger partial charge is 0.341 e. The van der Waals surface area contributed by atoms with E-state index >= 15 is 0 Å². The number of carbonyl (C=O) groups excluding carboxylic acids is 1. The van der Waals surface area contributed by atoms with E-state index in [1.54, 1.807) is 0 Å². The van der Waals surface area contributed by atoms with Crippen molar-refractivity contribution in [3.63, 3.8) is 0 Å². The van der Waals surface area contributed by atoms with Crippen molar-refractivity contribution < 1.29 is 4.79 Å². The molecule has 1 rings (SSSR count). The molecule has 0 aliphatic rings. The maximum Gasteiger partial charge on any atom is 0.239 e. The van der Waals surface area contributed by atoms with Gasteiger partial charge in [-0.05, 0) is 25.3 Å². The maximum atomic E-state index is 12.1. The molecule has 0 aliphatic carbocycles. The van der Waals surface area contributed by atoms with E-state index < -0.39 is 0 Å². The Morgan fingerprint density at radius 1 is 1.28 bits per heavy atom. The highest BCUT2D eigenvalue weighted by Gasteiger charge is 2.18. The minimum absolute atomic E-state index is 0.0790. The van der Waals surface area contributed by atoms with Crippen LogP contribution in [0.1, 0.15) is 32.3 Å². The molecule has 0 saturated heterocycles. The molecule has 0 unspecified atom stereocenters. The summed E-state index contributed by atoms with van der Waals surface area (Å²) in [5.74, 6) is 0.0790. The summed E-state index contributed by atoms with van der Waals surface area (Å²) in [5, 5.41) is 0. The molecule has 1 amide bonds. The van der Waals surface area contributed by atoms with Crippen molar-refractivity contribution in [3.8, 4) is 0 Å². The van der Waals surface area contributed by atoms with Crippen molar-refractivity contribution in [3.05, 3.63) is 35.9 Å². The number of benzene rings is 1. The fourth-order valence-electron chi connectivity index (χ4n) is 2.00. The van der Waals surface area contributed by atoms with Crippen LogP contribution in [0.4, 0.5) is 0 Å². The van der Waals surface area contributed by atoms with Gasteiger partial charge in [0.1, 0.15) is 0 Å². The number of amides is 1. The maximum absolute atomic E-state index is 12.1. The molecule has 2 N–H and O–H groups in total. The van der Waals surface area contributed by atoms with Crippen molar-refractivity contribution in [1.82, 2.24) is 4.90 Å². The summed E-state index contributed by atoms with van der Waals surface area (Å²) < 4.78 is 0. The van der Waals surface area contributed by atoms with Gasteiger partial charge in [0.25, 0.3) is 0 Å². The van der Waals surface area contributed by atoms with Crippen molar-refractivity contribution in [2.24, 2.45) is 5.73 Å². The number of rotatable bonds is 7. The monoisotopic (exact) mass is 248 g/mol. The second-order valence-electron chi connectivity index (χ2n) is 4.55. The van der Waals surface area contributed by atoms with Crippen LogP contribution in [-0.2, 0) is 11.2 Å². The van der Waals surface area contributed by atoms with Crippen LogP contribution >= 0.6 is 0 Å². The van der Waals surface area contributed by atoms with Crippen LogP contribution in [0.3, 0.4) is 0 Å². The molecule has 3 heteroatoms. The highest BCUT2D eigenvalue weighted by molar-refractivity contribution is 5.81. The van der Waals surface area contributed by atoms with E-state index in [0.29, 0.717) is 0 Å². The first-order chi connectivity index (χ1) is 8.69. The molecule has 1 atom stereocenters. The van der Waals surface area contributed by atoms with E-state index in [0.717, 1.165) is 32.4 Å². The molecule has 0 aromatic heterocycles. The average Bonchev–Trinajstić information content (AvgIpc) is 2.40. The summed E-state index contributed by atoms with van der Waals surface area (Å²) in [6.45, 7) is 5.52. The normalized spacial score (nSPS) is 12.2. The minimum atomic E-state index is -0.342. The Balaban J connectivity index is 2.49. The Labute approximate surface area is 110 Å². The van der Waals surface area contributed by atoms with Crippen LogP contribution in [0.5, 0.6) is 0 Å². The van der Waals surface area contributed by atoms with E-state index in [-0.39, 0.29) is 11.9 Å². The van der Waals surface area contributed by atoms with Crippen LogP contribution < -0.4 is 5.73 Å². The number of likely N-dealkylation sites (N-methyl/N-ethyl adjacent to an activating group) is 1. The molecule has 0 aliphatic heterocycles. The van der Waals surface area contributed by atoms with Gasteiger partial charge in [-0.1, -0.05) is 43.7 Å². The van der Waals surface area contributed by atoms with E-state index in [9.17, 15) is 4.79 Å². The number of nitrogens with zero attached hydrogens (tertiary/aromatic N) is 1. The summed E-state index contributed by atoms with van der Waals surface area (Å²) >= 11 is 0. The molecule has 1 aromatic carbocycles. The lowest BCUT2D eigenvalue weighted by atomic mass is 10.1. The smallest absolute Gasteiger partial charge is 0.239 e. The van der Waals surface area contributed by atoms with Crippen LogP contribution in [0.15, 0.2) is 30.3 Å². The molecule has 3 nitrogen and oxygen atoms in total. The Bertz CT molecular complexity index is 351. The van der Waals surface area contributed by atoms with Gasteiger partial charge in [-0.15, -0.1) is 0 Å². The van der Waals surface area contributed by atoms with Gasteiger partial charge in [0.15, 0.2) is 0 Å². The van der Waals surface area contributed by atoms with Gasteiger partial charge in [0.2, 0.25) is 5.91 Å². The summed E-state index contributed by atoms with van der Waals surface area (Å²) in [5.41, 5.74) is 7.14. The molecule has 0 heterocycles. The third-order valence-electron chi connectivity index (χ3n) is 3.12. The molecule has 0 fully saturated rings. The first kappa shape index (κ1) is 14.7. The third kappa shape index (κ3) is 4.49. The molecule has 0 bridgehead atoms. The second kappa shape index (κ2) is 7.88. The highest BCUT2D eigenvalue weighted by Crippen LogP contribution is 2.04. The lowest BCUT2D eigenvalue weighted by Gasteiger charge is -2.24. The van der Waals surface area contributed by atoms with Gasteiger partial charge in [-0.2, -0.15) is 0 Å². The molecular formula is C15H24N2O. The fourth-order valence-corrected chi connectivity index (χ4v) is 2.00. The summed E-state index contributed by atoms with van der Waals surface area (Å²) in [6, 6.07) is 9.88. The van der Waals surface area contributed by atoms with E-state index in [4.69, 9.17) is 5.73 Å². The van der Waals surface area contributed by atoms with Crippen molar-refractivity contribution in [2.45, 2.75) is 39.2 Å². The van der Waals surface area contributed by atoms with E-state index in [1.807, 2.05) is 36.9 Å².